The molecule has 2 nitrogen and oxygen atoms in total. The van der Waals surface area contributed by atoms with Crippen LogP contribution in [0.25, 0.3) is 0 Å². The molecule has 2 heteroatoms. The molecule has 0 saturated heterocycles. The maximum atomic E-state index is 11.2. The van der Waals surface area contributed by atoms with Crippen LogP contribution in [0.3, 0.4) is 0 Å². The lowest BCUT2D eigenvalue weighted by Crippen LogP contribution is -2.31. The number of carbonyl (C=O) groups excluding carboxylic acids is 2. The van der Waals surface area contributed by atoms with E-state index < -0.39 is 5.41 Å². The van der Waals surface area contributed by atoms with Gasteiger partial charge >= 0.3 is 0 Å². The van der Waals surface area contributed by atoms with Crippen LogP contribution in [-0.4, -0.2) is 12.1 Å². The second-order valence-corrected chi connectivity index (χ2v) is 4.02. The Hall–Kier alpha value is -0.920. The molecule has 0 bridgehead atoms. The molecule has 0 amide bonds. The predicted octanol–water partition coefficient (Wildman–Crippen LogP) is 2.14. The van der Waals surface area contributed by atoms with Crippen molar-refractivity contribution in [2.24, 2.45) is 11.3 Å². The summed E-state index contributed by atoms with van der Waals surface area (Å²) in [7, 11) is 0. The van der Waals surface area contributed by atoms with E-state index >= 15 is 0 Å². The van der Waals surface area contributed by atoms with E-state index in [0.29, 0.717) is 12.8 Å². The largest absolute Gasteiger partial charge is 0.302 e. The van der Waals surface area contributed by atoms with Crippen molar-refractivity contribution in [3.63, 3.8) is 0 Å². The minimum Gasteiger partial charge on any atom is -0.302 e. The minimum absolute atomic E-state index is 0.170. The summed E-state index contributed by atoms with van der Waals surface area (Å²) in [4.78, 5) is 22.1. The third-order valence-corrected chi connectivity index (χ3v) is 3.06. The third-order valence-electron chi connectivity index (χ3n) is 3.06. The van der Waals surface area contributed by atoms with Gasteiger partial charge in [0.15, 0.2) is 0 Å². The first-order valence-electron chi connectivity index (χ1n) is 4.74. The number of hydrogen-bond acceptors (Lipinski definition) is 2. The lowest BCUT2D eigenvalue weighted by atomic mass is 9.70. The summed E-state index contributed by atoms with van der Waals surface area (Å²) in [5.41, 5.74) is -0.504. The van der Waals surface area contributed by atoms with E-state index in [2.05, 4.69) is 6.58 Å². The molecule has 0 aliphatic heterocycles. The van der Waals surface area contributed by atoms with E-state index in [0.717, 1.165) is 19.1 Å². The van der Waals surface area contributed by atoms with Crippen LogP contribution in [0, 0.1) is 11.3 Å². The highest BCUT2D eigenvalue weighted by molar-refractivity contribution is 5.80. The average molecular weight is 180 g/mol. The lowest BCUT2D eigenvalue weighted by molar-refractivity contribution is -0.124. The average Bonchev–Trinajstić information content (AvgIpc) is 2.17. The Morgan fingerprint density at radius 3 is 2.77 bits per heavy atom. The van der Waals surface area contributed by atoms with E-state index in [1.807, 2.05) is 6.92 Å². The van der Waals surface area contributed by atoms with Gasteiger partial charge in [0, 0.05) is 18.3 Å². The number of aldehydes is 1. The van der Waals surface area contributed by atoms with Crippen LogP contribution in [0.4, 0.5) is 0 Å². The first kappa shape index (κ1) is 10.2. The molecule has 0 radical (unpaired) electrons. The summed E-state index contributed by atoms with van der Waals surface area (Å²) >= 11 is 0. The van der Waals surface area contributed by atoms with Crippen LogP contribution in [-0.2, 0) is 9.59 Å². The van der Waals surface area contributed by atoms with Crippen LogP contribution in [0.1, 0.15) is 32.6 Å². The van der Waals surface area contributed by atoms with Crippen LogP contribution < -0.4 is 0 Å². The van der Waals surface area contributed by atoms with Crippen molar-refractivity contribution in [1.82, 2.24) is 0 Å². The Morgan fingerprint density at radius 2 is 2.31 bits per heavy atom. The molecule has 0 aromatic rings. The van der Waals surface area contributed by atoms with Crippen molar-refractivity contribution in [2.75, 3.05) is 0 Å². The number of allylic oxidation sites excluding steroid dienone is 1. The molecule has 0 aromatic carbocycles. The van der Waals surface area contributed by atoms with Gasteiger partial charge in [-0.25, -0.2) is 0 Å². The second kappa shape index (κ2) is 3.86. The zero-order valence-electron chi connectivity index (χ0n) is 8.08. The summed E-state index contributed by atoms with van der Waals surface area (Å²) in [5.74, 6) is 0.454. The van der Waals surface area contributed by atoms with E-state index in [9.17, 15) is 9.59 Å². The van der Waals surface area contributed by atoms with Gasteiger partial charge in [-0.2, -0.15) is 0 Å². The highest BCUT2D eigenvalue weighted by Gasteiger charge is 2.34. The van der Waals surface area contributed by atoms with Crippen LogP contribution in [0.15, 0.2) is 12.7 Å². The van der Waals surface area contributed by atoms with Gasteiger partial charge in [0.2, 0.25) is 0 Å². The maximum Gasteiger partial charge on any atom is 0.133 e. The number of carbonyl (C=O) groups is 2. The van der Waals surface area contributed by atoms with Crippen LogP contribution >= 0.6 is 0 Å². The Labute approximate surface area is 79.0 Å². The smallest absolute Gasteiger partial charge is 0.133 e. The summed E-state index contributed by atoms with van der Waals surface area (Å²) in [6.45, 7) is 5.52. The molecule has 1 fully saturated rings. The van der Waals surface area contributed by atoms with Gasteiger partial charge in [-0.05, 0) is 25.7 Å². The van der Waals surface area contributed by atoms with Gasteiger partial charge in [-0.15, -0.1) is 6.58 Å². The topological polar surface area (TPSA) is 34.1 Å². The molecule has 1 saturated carbocycles. The SMILES string of the molecule is C=CC(C)(C=O)C1CCCC(=O)C1. The normalized spacial score (nSPS) is 27.8. The third kappa shape index (κ3) is 2.06. The van der Waals surface area contributed by atoms with Crippen molar-refractivity contribution in [2.45, 2.75) is 32.6 Å². The van der Waals surface area contributed by atoms with Crippen LogP contribution in [0.2, 0.25) is 0 Å². The predicted molar refractivity (Wildman–Crippen MR) is 51.3 cm³/mol. The molecule has 1 rings (SSSR count). The summed E-state index contributed by atoms with van der Waals surface area (Å²) in [5, 5.41) is 0. The number of Topliss-reactive ketones (excluding diaryl/α,β-unsaturated/α-hetero) is 1. The highest BCUT2D eigenvalue weighted by atomic mass is 16.1. The summed E-state index contributed by atoms with van der Waals surface area (Å²) in [6.07, 6.45) is 5.70. The molecule has 0 spiro atoms. The molecule has 1 aliphatic rings. The Kier molecular flexibility index (Phi) is 3.02. The van der Waals surface area contributed by atoms with Crippen molar-refractivity contribution in [3.8, 4) is 0 Å². The first-order valence-corrected chi connectivity index (χ1v) is 4.74. The molecule has 72 valence electrons. The van der Waals surface area contributed by atoms with Gasteiger partial charge in [0.1, 0.15) is 12.1 Å². The van der Waals surface area contributed by atoms with Crippen molar-refractivity contribution in [1.29, 1.82) is 0 Å². The molecule has 2 unspecified atom stereocenters. The number of ketones is 1. The molecular formula is C11H16O2. The monoisotopic (exact) mass is 180 g/mol. The van der Waals surface area contributed by atoms with Crippen molar-refractivity contribution < 1.29 is 9.59 Å². The highest BCUT2D eigenvalue weighted by Crippen LogP contribution is 2.36. The molecule has 0 heterocycles. The summed E-state index contributed by atoms with van der Waals surface area (Å²) < 4.78 is 0. The van der Waals surface area contributed by atoms with Crippen molar-refractivity contribution >= 4 is 12.1 Å². The van der Waals surface area contributed by atoms with E-state index in [4.69, 9.17) is 0 Å². The van der Waals surface area contributed by atoms with E-state index in [1.54, 1.807) is 6.08 Å². The van der Waals surface area contributed by atoms with Gasteiger partial charge in [0.05, 0.1) is 0 Å². The molecular weight excluding hydrogens is 164 g/mol. The van der Waals surface area contributed by atoms with E-state index in [1.165, 1.54) is 0 Å². The first-order chi connectivity index (χ1) is 6.12. The van der Waals surface area contributed by atoms with Gasteiger partial charge in [0.25, 0.3) is 0 Å². The molecule has 0 aromatic heterocycles. The molecule has 2 atom stereocenters. The fraction of sp³-hybridized carbons (Fsp3) is 0.636. The van der Waals surface area contributed by atoms with E-state index in [-0.39, 0.29) is 11.7 Å². The van der Waals surface area contributed by atoms with Gasteiger partial charge in [-0.3, -0.25) is 4.79 Å². The second-order valence-electron chi connectivity index (χ2n) is 4.02. The quantitative estimate of drug-likeness (QED) is 0.492. The fourth-order valence-corrected chi connectivity index (χ4v) is 1.87. The molecule has 13 heavy (non-hydrogen) atoms. The number of hydrogen-bond donors (Lipinski definition) is 0. The Balaban J connectivity index is 2.73. The minimum atomic E-state index is -0.504. The maximum absolute atomic E-state index is 11.2. The molecule has 1 aliphatic carbocycles. The summed E-state index contributed by atoms with van der Waals surface area (Å²) in [6, 6.07) is 0. The van der Waals surface area contributed by atoms with Crippen LogP contribution in [0.5, 0.6) is 0 Å². The van der Waals surface area contributed by atoms with Gasteiger partial charge in [-0.1, -0.05) is 6.08 Å². The standard InChI is InChI=1S/C11H16O2/c1-3-11(2,8-12)9-5-4-6-10(13)7-9/h3,8-9H,1,4-7H2,2H3. The Bertz CT molecular complexity index is 222. The zero-order chi connectivity index (χ0) is 9.90. The molecule has 0 N–H and O–H groups in total. The number of rotatable bonds is 3. The zero-order valence-corrected chi connectivity index (χ0v) is 8.08. The van der Waals surface area contributed by atoms with Gasteiger partial charge < -0.3 is 4.79 Å². The fourth-order valence-electron chi connectivity index (χ4n) is 1.87. The Morgan fingerprint density at radius 1 is 1.62 bits per heavy atom. The van der Waals surface area contributed by atoms with Crippen molar-refractivity contribution in [3.05, 3.63) is 12.7 Å². The lowest BCUT2D eigenvalue weighted by Gasteiger charge is -2.32.